The molecule has 1 aliphatic heterocycles. The first-order chi connectivity index (χ1) is 11.5. The van der Waals surface area contributed by atoms with Gasteiger partial charge >= 0.3 is 0 Å². The number of benzene rings is 1. The topological polar surface area (TPSA) is 44.9 Å². The van der Waals surface area contributed by atoms with Crippen LogP contribution in [0.2, 0.25) is 0 Å². The lowest BCUT2D eigenvalue weighted by Crippen LogP contribution is -2.04. The minimum atomic E-state index is -0.0228. The number of carbonyl (C=O) groups excluding carboxylic acids is 1. The number of carbonyl (C=O) groups is 1. The summed E-state index contributed by atoms with van der Waals surface area (Å²) in [6.07, 6.45) is 6.82. The Morgan fingerprint density at radius 2 is 2.00 bits per heavy atom. The van der Waals surface area contributed by atoms with E-state index in [1.165, 1.54) is 29.7 Å². The molecule has 3 nitrogen and oxygen atoms in total. The van der Waals surface area contributed by atoms with Crippen molar-refractivity contribution in [2.45, 2.75) is 45.4 Å². The van der Waals surface area contributed by atoms with Gasteiger partial charge in [-0.25, -0.2) is 0 Å². The highest BCUT2D eigenvalue weighted by atomic mass is 79.9. The summed E-state index contributed by atoms with van der Waals surface area (Å²) >= 11 is 3.51. The fraction of sp³-hybridized carbons (Fsp3) is 0.350. The Morgan fingerprint density at radius 3 is 2.79 bits per heavy atom. The molecule has 0 spiro atoms. The average Bonchev–Trinajstić information content (AvgIpc) is 3.06. The predicted molar refractivity (Wildman–Crippen MR) is 102 cm³/mol. The number of fused-ring (bicyclic) bond motifs is 2. The normalized spacial score (nSPS) is 18.0. The largest absolute Gasteiger partial charge is 0.358 e. The first-order valence-corrected chi connectivity index (χ1v) is 9.40. The molecule has 0 saturated carbocycles. The monoisotopic (exact) mass is 384 g/mol. The molecule has 124 valence electrons. The van der Waals surface area contributed by atoms with Gasteiger partial charge in [-0.05, 0) is 67.0 Å². The summed E-state index contributed by atoms with van der Waals surface area (Å²) in [7, 11) is 0. The van der Waals surface area contributed by atoms with Gasteiger partial charge in [-0.3, -0.25) is 4.79 Å². The molecule has 0 radical (unpaired) electrons. The highest BCUT2D eigenvalue weighted by Crippen LogP contribution is 2.38. The minimum absolute atomic E-state index is 0.0228. The SMILES string of the molecule is CC(C)c1c(C=C2C(=O)Nc3ccc(Br)cc32)[nH]c2c1CCCC2. The van der Waals surface area contributed by atoms with Crippen molar-refractivity contribution in [1.29, 1.82) is 0 Å². The Balaban J connectivity index is 1.86. The Hall–Kier alpha value is -1.81. The second-order valence-electron chi connectivity index (χ2n) is 6.97. The van der Waals surface area contributed by atoms with Gasteiger partial charge in [0.25, 0.3) is 5.91 Å². The van der Waals surface area contributed by atoms with E-state index in [0.29, 0.717) is 5.92 Å². The molecule has 0 fully saturated rings. The van der Waals surface area contributed by atoms with Crippen LogP contribution in [0.1, 0.15) is 60.7 Å². The molecule has 2 N–H and O–H groups in total. The van der Waals surface area contributed by atoms with Gasteiger partial charge in [0.2, 0.25) is 0 Å². The van der Waals surface area contributed by atoms with Crippen molar-refractivity contribution in [3.05, 3.63) is 50.8 Å². The third-order valence-corrected chi connectivity index (χ3v) is 5.49. The van der Waals surface area contributed by atoms with Gasteiger partial charge in [-0.2, -0.15) is 0 Å². The van der Waals surface area contributed by atoms with E-state index >= 15 is 0 Å². The summed E-state index contributed by atoms with van der Waals surface area (Å²) in [6.45, 7) is 4.47. The third kappa shape index (κ3) is 2.53. The van der Waals surface area contributed by atoms with E-state index in [9.17, 15) is 4.79 Å². The maximum Gasteiger partial charge on any atom is 0.256 e. The zero-order valence-corrected chi connectivity index (χ0v) is 15.6. The van der Waals surface area contributed by atoms with Gasteiger partial charge in [0.05, 0.1) is 5.57 Å². The van der Waals surface area contributed by atoms with Crippen molar-refractivity contribution in [3.63, 3.8) is 0 Å². The second kappa shape index (κ2) is 5.92. The number of hydrogen-bond acceptors (Lipinski definition) is 1. The summed E-state index contributed by atoms with van der Waals surface area (Å²) in [5.41, 5.74) is 7.93. The second-order valence-corrected chi connectivity index (χ2v) is 7.89. The number of amides is 1. The summed E-state index contributed by atoms with van der Waals surface area (Å²) in [4.78, 5) is 16.1. The van der Waals surface area contributed by atoms with E-state index in [-0.39, 0.29) is 5.91 Å². The van der Waals surface area contributed by atoms with E-state index in [0.717, 1.165) is 39.8 Å². The van der Waals surface area contributed by atoms with Crippen molar-refractivity contribution < 1.29 is 4.79 Å². The standard InChI is InChI=1S/C20H21BrN2O/c1-11(2)19-13-5-3-4-6-16(13)22-18(19)10-15-14-9-12(21)7-8-17(14)23-20(15)24/h7-11,22H,3-6H2,1-2H3,(H,23,24). The van der Waals surface area contributed by atoms with E-state index in [1.54, 1.807) is 0 Å². The van der Waals surface area contributed by atoms with Crippen LogP contribution in [-0.2, 0) is 17.6 Å². The highest BCUT2D eigenvalue weighted by molar-refractivity contribution is 9.10. The lowest BCUT2D eigenvalue weighted by atomic mass is 9.89. The Bertz CT molecular complexity index is 861. The fourth-order valence-electron chi connectivity index (χ4n) is 3.95. The molecule has 4 heteroatoms. The van der Waals surface area contributed by atoms with Crippen LogP contribution in [0, 0.1) is 0 Å². The first kappa shape index (κ1) is 15.7. The average molecular weight is 385 g/mol. The zero-order valence-electron chi connectivity index (χ0n) is 14.0. The summed E-state index contributed by atoms with van der Waals surface area (Å²) in [6, 6.07) is 5.91. The minimum Gasteiger partial charge on any atom is -0.358 e. The van der Waals surface area contributed by atoms with Crippen LogP contribution in [0.25, 0.3) is 11.6 Å². The molecule has 2 aromatic rings. The maximum atomic E-state index is 12.5. The van der Waals surface area contributed by atoms with Crippen molar-refractivity contribution in [2.24, 2.45) is 0 Å². The zero-order chi connectivity index (χ0) is 16.8. The predicted octanol–water partition coefficient (Wildman–Crippen LogP) is 5.27. The molecule has 0 saturated heterocycles. The molecule has 1 aromatic carbocycles. The fourth-order valence-corrected chi connectivity index (χ4v) is 4.32. The van der Waals surface area contributed by atoms with Crippen LogP contribution < -0.4 is 5.32 Å². The van der Waals surface area contributed by atoms with E-state index < -0.39 is 0 Å². The quantitative estimate of drug-likeness (QED) is 0.680. The van der Waals surface area contributed by atoms with Gasteiger partial charge in [0.1, 0.15) is 0 Å². The van der Waals surface area contributed by atoms with Crippen molar-refractivity contribution in [3.8, 4) is 0 Å². The molecule has 1 aliphatic carbocycles. The highest BCUT2D eigenvalue weighted by Gasteiger charge is 2.26. The molecule has 0 atom stereocenters. The number of halogens is 1. The van der Waals surface area contributed by atoms with Crippen LogP contribution in [0.3, 0.4) is 0 Å². The lowest BCUT2D eigenvalue weighted by Gasteiger charge is -2.14. The molecule has 0 bridgehead atoms. The van der Waals surface area contributed by atoms with Gasteiger partial charge < -0.3 is 10.3 Å². The van der Waals surface area contributed by atoms with Gasteiger partial charge in [0.15, 0.2) is 0 Å². The van der Waals surface area contributed by atoms with Gasteiger partial charge in [-0.15, -0.1) is 0 Å². The van der Waals surface area contributed by atoms with Crippen LogP contribution >= 0.6 is 15.9 Å². The number of aromatic nitrogens is 1. The number of hydrogen-bond donors (Lipinski definition) is 2. The molecule has 4 rings (SSSR count). The van der Waals surface area contributed by atoms with Crippen LogP contribution in [0.4, 0.5) is 5.69 Å². The lowest BCUT2D eigenvalue weighted by molar-refractivity contribution is -0.110. The molecule has 2 aliphatic rings. The molecule has 2 heterocycles. The number of H-pyrrole nitrogens is 1. The number of aromatic amines is 1. The molecule has 0 unspecified atom stereocenters. The van der Waals surface area contributed by atoms with Crippen molar-refractivity contribution >= 4 is 39.2 Å². The first-order valence-electron chi connectivity index (χ1n) is 8.61. The smallest absolute Gasteiger partial charge is 0.256 e. The Kier molecular flexibility index (Phi) is 3.87. The van der Waals surface area contributed by atoms with Gasteiger partial charge in [-0.1, -0.05) is 29.8 Å². The van der Waals surface area contributed by atoms with Crippen molar-refractivity contribution in [2.75, 3.05) is 5.32 Å². The van der Waals surface area contributed by atoms with Crippen LogP contribution in [-0.4, -0.2) is 10.9 Å². The number of rotatable bonds is 2. The Morgan fingerprint density at radius 1 is 1.21 bits per heavy atom. The molecule has 24 heavy (non-hydrogen) atoms. The molecule has 1 aromatic heterocycles. The number of anilines is 1. The third-order valence-electron chi connectivity index (χ3n) is 5.00. The van der Waals surface area contributed by atoms with Crippen LogP contribution in [0.5, 0.6) is 0 Å². The number of aryl methyl sites for hydroxylation is 1. The molecular weight excluding hydrogens is 364 g/mol. The summed E-state index contributed by atoms with van der Waals surface area (Å²) in [5, 5.41) is 2.96. The molecule has 1 amide bonds. The maximum absolute atomic E-state index is 12.5. The Labute approximate surface area is 150 Å². The van der Waals surface area contributed by atoms with Gasteiger partial charge in [0, 0.05) is 27.1 Å². The van der Waals surface area contributed by atoms with E-state index in [4.69, 9.17) is 0 Å². The van der Waals surface area contributed by atoms with Crippen molar-refractivity contribution in [1.82, 2.24) is 4.98 Å². The summed E-state index contributed by atoms with van der Waals surface area (Å²) in [5.74, 6) is 0.423. The number of nitrogens with one attached hydrogen (secondary N) is 2. The van der Waals surface area contributed by atoms with E-state index in [2.05, 4.69) is 40.1 Å². The summed E-state index contributed by atoms with van der Waals surface area (Å²) < 4.78 is 0.985. The van der Waals surface area contributed by atoms with E-state index in [1.807, 2.05) is 24.3 Å². The van der Waals surface area contributed by atoms with Crippen LogP contribution in [0.15, 0.2) is 22.7 Å². The molecular formula is C20H21BrN2O.